The highest BCUT2D eigenvalue weighted by atomic mass is 35.5. The average molecular weight is 204 g/mol. The maximum atomic E-state index is 10.8. The van der Waals surface area contributed by atoms with E-state index in [0.717, 1.165) is 0 Å². The van der Waals surface area contributed by atoms with E-state index in [1.807, 2.05) is 0 Å². The molecule has 3 N–H and O–H groups in total. The second kappa shape index (κ2) is 3.49. The van der Waals surface area contributed by atoms with Crippen LogP contribution >= 0.6 is 11.6 Å². The zero-order valence-electron chi connectivity index (χ0n) is 7.03. The Morgan fingerprint density at radius 2 is 2.46 bits per heavy atom. The number of nitrogens with two attached hydrogens (primary N) is 1. The highest BCUT2D eigenvalue weighted by molar-refractivity contribution is 6.31. The smallest absolute Gasteiger partial charge is 0.330 e. The number of allylic oxidation sites excluding steroid dienone is 2. The average Bonchev–Trinajstić information content (AvgIpc) is 2.04. The summed E-state index contributed by atoms with van der Waals surface area (Å²) in [6, 6.07) is 0. The van der Waals surface area contributed by atoms with Crippen molar-refractivity contribution in [3.8, 4) is 0 Å². The van der Waals surface area contributed by atoms with Gasteiger partial charge in [-0.2, -0.15) is 0 Å². The largest absolute Gasteiger partial charge is 0.480 e. The molecule has 0 radical (unpaired) electrons. The quantitative estimate of drug-likeness (QED) is 0.685. The minimum atomic E-state index is -1.57. The van der Waals surface area contributed by atoms with Gasteiger partial charge in [0.1, 0.15) is 6.10 Å². The molecule has 0 spiro atoms. The van der Waals surface area contributed by atoms with Crippen LogP contribution in [0.3, 0.4) is 0 Å². The predicted octanol–water partition coefficient (Wildman–Crippen LogP) is 0.476. The van der Waals surface area contributed by atoms with Crippen LogP contribution in [-0.4, -0.2) is 29.8 Å². The van der Waals surface area contributed by atoms with Gasteiger partial charge in [0.2, 0.25) is 0 Å². The predicted molar refractivity (Wildman–Crippen MR) is 48.4 cm³/mol. The first-order valence-electron chi connectivity index (χ1n) is 3.62. The fourth-order valence-electron chi connectivity index (χ4n) is 1.15. The normalized spacial score (nSPS) is 32.8. The lowest BCUT2D eigenvalue weighted by molar-refractivity contribution is -0.145. The Kier molecular flexibility index (Phi) is 2.75. The molecule has 2 unspecified atom stereocenters. The third-order valence-corrected chi connectivity index (χ3v) is 2.14. The van der Waals surface area contributed by atoms with Gasteiger partial charge < -0.3 is 15.6 Å². The number of rotatable bonds is 2. The molecule has 0 aromatic carbocycles. The summed E-state index contributed by atoms with van der Waals surface area (Å²) in [5.41, 5.74) is 4.04. The third-order valence-electron chi connectivity index (χ3n) is 1.90. The van der Waals surface area contributed by atoms with Gasteiger partial charge in [-0.3, -0.25) is 0 Å². The molecule has 5 heteroatoms. The van der Waals surface area contributed by atoms with Crippen molar-refractivity contribution in [2.75, 3.05) is 7.11 Å². The Hall–Kier alpha value is -0.840. The molecule has 0 saturated heterocycles. The van der Waals surface area contributed by atoms with Crippen molar-refractivity contribution in [3.63, 3.8) is 0 Å². The summed E-state index contributed by atoms with van der Waals surface area (Å²) in [6.07, 6.45) is 3.66. The summed E-state index contributed by atoms with van der Waals surface area (Å²) < 4.78 is 4.92. The van der Waals surface area contributed by atoms with E-state index in [2.05, 4.69) is 0 Å². The van der Waals surface area contributed by atoms with Crippen molar-refractivity contribution in [3.05, 3.63) is 23.3 Å². The molecule has 13 heavy (non-hydrogen) atoms. The number of hydrogen-bond donors (Lipinski definition) is 2. The van der Waals surface area contributed by atoms with Crippen molar-refractivity contribution in [2.45, 2.75) is 11.6 Å². The number of aliphatic carboxylic acids is 1. The summed E-state index contributed by atoms with van der Waals surface area (Å²) in [5.74, 6) is -1.16. The lowest BCUT2D eigenvalue weighted by atomic mass is 9.89. The van der Waals surface area contributed by atoms with E-state index in [1.165, 1.54) is 19.3 Å². The lowest BCUT2D eigenvalue weighted by Crippen LogP contribution is -2.56. The Labute approximate surface area is 80.6 Å². The molecule has 0 aromatic rings. The summed E-state index contributed by atoms with van der Waals surface area (Å²) in [5, 5.41) is 9.18. The Morgan fingerprint density at radius 1 is 1.85 bits per heavy atom. The molecule has 1 aliphatic rings. The SMILES string of the molecule is COC1C=CC(Cl)=CC1(N)C(=O)O. The molecule has 0 heterocycles. The summed E-state index contributed by atoms with van der Waals surface area (Å²) in [7, 11) is 1.40. The molecule has 1 rings (SSSR count). The number of methoxy groups -OCH3 is 1. The van der Waals surface area contributed by atoms with Crippen LogP contribution in [0.15, 0.2) is 23.3 Å². The maximum Gasteiger partial charge on any atom is 0.330 e. The molecule has 0 saturated carbocycles. The highest BCUT2D eigenvalue weighted by Crippen LogP contribution is 2.23. The topological polar surface area (TPSA) is 72.5 Å². The first-order chi connectivity index (χ1) is 6.00. The van der Waals surface area contributed by atoms with Crippen LogP contribution in [0.2, 0.25) is 0 Å². The number of ether oxygens (including phenoxy) is 1. The third kappa shape index (κ3) is 1.75. The van der Waals surface area contributed by atoms with Gasteiger partial charge in [0.25, 0.3) is 0 Å². The number of carbonyl (C=O) groups is 1. The van der Waals surface area contributed by atoms with Gasteiger partial charge >= 0.3 is 5.97 Å². The molecule has 0 bridgehead atoms. The van der Waals surface area contributed by atoms with Gasteiger partial charge in [0, 0.05) is 12.1 Å². The molecule has 0 amide bonds. The highest BCUT2D eigenvalue weighted by Gasteiger charge is 2.41. The molecule has 2 atom stereocenters. The molecular formula is C8H10ClNO3. The van der Waals surface area contributed by atoms with E-state index in [1.54, 1.807) is 6.08 Å². The van der Waals surface area contributed by atoms with Crippen LogP contribution in [0.25, 0.3) is 0 Å². The van der Waals surface area contributed by atoms with E-state index in [0.29, 0.717) is 5.03 Å². The first kappa shape index (κ1) is 10.2. The minimum Gasteiger partial charge on any atom is -0.480 e. The van der Waals surface area contributed by atoms with Crippen LogP contribution in [0.4, 0.5) is 0 Å². The van der Waals surface area contributed by atoms with Crippen molar-refractivity contribution >= 4 is 17.6 Å². The van der Waals surface area contributed by atoms with E-state index in [4.69, 9.17) is 27.2 Å². The van der Waals surface area contributed by atoms with Gasteiger partial charge in [-0.05, 0) is 12.2 Å². The monoisotopic (exact) mass is 203 g/mol. The first-order valence-corrected chi connectivity index (χ1v) is 4.00. The number of halogens is 1. The fourth-order valence-corrected chi connectivity index (χ4v) is 1.41. The van der Waals surface area contributed by atoms with Gasteiger partial charge in [0.15, 0.2) is 5.54 Å². The lowest BCUT2D eigenvalue weighted by Gasteiger charge is -2.30. The zero-order chi connectivity index (χ0) is 10.1. The van der Waals surface area contributed by atoms with E-state index >= 15 is 0 Å². The van der Waals surface area contributed by atoms with Crippen molar-refractivity contribution in [2.24, 2.45) is 5.73 Å². The molecule has 72 valence electrons. The molecular weight excluding hydrogens is 194 g/mol. The minimum absolute atomic E-state index is 0.304. The van der Waals surface area contributed by atoms with Gasteiger partial charge in [-0.15, -0.1) is 0 Å². The maximum absolute atomic E-state index is 10.8. The van der Waals surface area contributed by atoms with Crippen LogP contribution in [0.5, 0.6) is 0 Å². The van der Waals surface area contributed by atoms with Crippen molar-refractivity contribution < 1.29 is 14.6 Å². The number of carboxylic acid groups (broad SMARTS) is 1. The van der Waals surface area contributed by atoms with Crippen molar-refractivity contribution in [1.82, 2.24) is 0 Å². The Morgan fingerprint density at radius 3 is 2.92 bits per heavy atom. The Bertz CT molecular complexity index is 287. The van der Waals surface area contributed by atoms with Crippen LogP contribution in [0.1, 0.15) is 0 Å². The van der Waals surface area contributed by atoms with Crippen LogP contribution in [0, 0.1) is 0 Å². The summed E-state index contributed by atoms with van der Waals surface area (Å²) >= 11 is 5.64. The van der Waals surface area contributed by atoms with Crippen LogP contribution < -0.4 is 5.73 Å². The summed E-state index contributed by atoms with van der Waals surface area (Å²) in [4.78, 5) is 10.8. The fraction of sp³-hybridized carbons (Fsp3) is 0.375. The molecule has 0 aliphatic heterocycles. The Balaban J connectivity index is 3.05. The molecule has 4 nitrogen and oxygen atoms in total. The van der Waals surface area contributed by atoms with Gasteiger partial charge in [-0.25, -0.2) is 4.79 Å². The van der Waals surface area contributed by atoms with Gasteiger partial charge in [0.05, 0.1) is 0 Å². The molecule has 1 aliphatic carbocycles. The summed E-state index contributed by atoms with van der Waals surface area (Å²) in [6.45, 7) is 0. The number of hydrogen-bond acceptors (Lipinski definition) is 3. The zero-order valence-corrected chi connectivity index (χ0v) is 7.78. The molecule has 0 aromatic heterocycles. The second-order valence-electron chi connectivity index (χ2n) is 2.78. The van der Waals surface area contributed by atoms with Gasteiger partial charge in [-0.1, -0.05) is 17.7 Å². The molecule has 0 fully saturated rings. The van der Waals surface area contributed by atoms with Crippen molar-refractivity contribution in [1.29, 1.82) is 0 Å². The second-order valence-corrected chi connectivity index (χ2v) is 3.22. The van der Waals surface area contributed by atoms with E-state index < -0.39 is 17.6 Å². The number of carboxylic acids is 1. The van der Waals surface area contributed by atoms with E-state index in [-0.39, 0.29) is 0 Å². The van der Waals surface area contributed by atoms with Crippen LogP contribution in [-0.2, 0) is 9.53 Å². The van der Waals surface area contributed by atoms with E-state index in [9.17, 15) is 4.79 Å². The standard InChI is InChI=1S/C8H10ClNO3/c1-13-6-3-2-5(9)4-8(6,10)7(11)12/h2-4,6H,10H2,1H3,(H,11,12).